The Labute approximate surface area is 118 Å². The van der Waals surface area contributed by atoms with Crippen LogP contribution in [-0.4, -0.2) is 23.0 Å². The fourth-order valence-electron chi connectivity index (χ4n) is 2.02. The SMILES string of the molecule is COC(=O)c1cccc2c1nc(Cl)c1nc(C)sc12. The van der Waals surface area contributed by atoms with E-state index in [1.165, 1.54) is 18.4 Å². The van der Waals surface area contributed by atoms with Gasteiger partial charge in [-0.25, -0.2) is 14.8 Å². The van der Waals surface area contributed by atoms with Gasteiger partial charge in [-0.15, -0.1) is 11.3 Å². The standard InChI is InChI=1S/C13H9ClN2O2S/c1-6-15-10-11(19-6)7-4-3-5-8(13(17)18-2)9(7)16-12(10)14/h3-5H,1-2H3. The minimum atomic E-state index is -0.422. The van der Waals surface area contributed by atoms with Gasteiger partial charge in [0.25, 0.3) is 0 Å². The Hall–Kier alpha value is -1.72. The lowest BCUT2D eigenvalue weighted by Crippen LogP contribution is -2.03. The molecule has 0 atom stereocenters. The number of aryl methyl sites for hydroxylation is 1. The first kappa shape index (κ1) is 12.3. The second kappa shape index (κ2) is 4.43. The van der Waals surface area contributed by atoms with Crippen molar-refractivity contribution in [3.05, 3.63) is 33.9 Å². The fraction of sp³-hybridized carbons (Fsp3) is 0.154. The summed E-state index contributed by atoms with van der Waals surface area (Å²) in [5, 5.41) is 2.09. The number of carbonyl (C=O) groups excluding carboxylic acids is 1. The molecule has 3 aromatic rings. The van der Waals surface area contributed by atoms with Gasteiger partial charge in [-0.05, 0) is 13.0 Å². The number of para-hydroxylation sites is 1. The third-order valence-electron chi connectivity index (χ3n) is 2.83. The number of methoxy groups -OCH3 is 1. The maximum Gasteiger partial charge on any atom is 0.340 e. The number of carbonyl (C=O) groups is 1. The summed E-state index contributed by atoms with van der Waals surface area (Å²) in [6, 6.07) is 5.39. The number of rotatable bonds is 1. The van der Waals surface area contributed by atoms with Crippen LogP contribution >= 0.6 is 22.9 Å². The van der Waals surface area contributed by atoms with Crippen LogP contribution in [0.2, 0.25) is 5.15 Å². The van der Waals surface area contributed by atoms with Gasteiger partial charge in [0, 0.05) is 5.39 Å². The normalized spacial score (nSPS) is 11.1. The predicted molar refractivity (Wildman–Crippen MR) is 76.0 cm³/mol. The second-order valence-electron chi connectivity index (χ2n) is 4.01. The summed E-state index contributed by atoms with van der Waals surface area (Å²) in [4.78, 5) is 20.4. The fourth-order valence-corrected chi connectivity index (χ4v) is 3.25. The third-order valence-corrected chi connectivity index (χ3v) is 4.09. The van der Waals surface area contributed by atoms with E-state index < -0.39 is 5.97 Å². The average Bonchev–Trinajstić information content (AvgIpc) is 2.80. The first-order valence-corrected chi connectivity index (χ1v) is 6.75. The maximum atomic E-state index is 11.8. The van der Waals surface area contributed by atoms with Crippen LogP contribution in [0.5, 0.6) is 0 Å². The van der Waals surface area contributed by atoms with Gasteiger partial charge in [0.1, 0.15) is 5.52 Å². The number of halogens is 1. The molecule has 0 N–H and O–H groups in total. The van der Waals surface area contributed by atoms with E-state index in [4.69, 9.17) is 16.3 Å². The van der Waals surface area contributed by atoms with Crippen molar-refractivity contribution in [1.29, 1.82) is 0 Å². The number of benzene rings is 1. The Kier molecular flexibility index (Phi) is 2.88. The maximum absolute atomic E-state index is 11.8. The molecule has 2 heterocycles. The number of aromatic nitrogens is 2. The van der Waals surface area contributed by atoms with E-state index in [0.717, 1.165) is 15.1 Å². The molecule has 19 heavy (non-hydrogen) atoms. The summed E-state index contributed by atoms with van der Waals surface area (Å²) < 4.78 is 5.71. The van der Waals surface area contributed by atoms with Gasteiger partial charge < -0.3 is 4.74 Å². The van der Waals surface area contributed by atoms with Crippen LogP contribution in [0.4, 0.5) is 0 Å². The second-order valence-corrected chi connectivity index (χ2v) is 5.57. The molecule has 0 aliphatic carbocycles. The van der Waals surface area contributed by atoms with Crippen LogP contribution in [0.25, 0.3) is 21.1 Å². The monoisotopic (exact) mass is 292 g/mol. The summed E-state index contributed by atoms with van der Waals surface area (Å²) in [5.41, 5.74) is 1.64. The molecule has 1 aromatic carbocycles. The number of thiazole rings is 1. The highest BCUT2D eigenvalue weighted by Crippen LogP contribution is 2.34. The highest BCUT2D eigenvalue weighted by molar-refractivity contribution is 7.19. The molecule has 0 saturated heterocycles. The molecule has 0 aliphatic rings. The molecule has 0 amide bonds. The number of nitrogens with zero attached hydrogens (tertiary/aromatic N) is 2. The Balaban J connectivity index is 2.48. The Bertz CT molecular complexity index is 813. The van der Waals surface area contributed by atoms with Crippen molar-refractivity contribution in [2.45, 2.75) is 6.92 Å². The van der Waals surface area contributed by atoms with E-state index in [1.54, 1.807) is 12.1 Å². The molecule has 0 bridgehead atoms. The number of hydrogen-bond donors (Lipinski definition) is 0. The molecule has 0 fully saturated rings. The number of fused-ring (bicyclic) bond motifs is 3. The largest absolute Gasteiger partial charge is 0.465 e. The zero-order valence-corrected chi connectivity index (χ0v) is 11.8. The lowest BCUT2D eigenvalue weighted by atomic mass is 10.1. The van der Waals surface area contributed by atoms with Gasteiger partial charge in [-0.2, -0.15) is 0 Å². The molecule has 0 unspecified atom stereocenters. The van der Waals surface area contributed by atoms with Crippen LogP contribution in [0.1, 0.15) is 15.4 Å². The number of ether oxygens (including phenoxy) is 1. The molecule has 0 radical (unpaired) electrons. The summed E-state index contributed by atoms with van der Waals surface area (Å²) in [6.07, 6.45) is 0. The van der Waals surface area contributed by atoms with Gasteiger partial charge in [-0.3, -0.25) is 0 Å². The molecular weight excluding hydrogens is 284 g/mol. The predicted octanol–water partition coefficient (Wildman–Crippen LogP) is 3.59. The third kappa shape index (κ3) is 1.86. The first-order valence-electron chi connectivity index (χ1n) is 5.55. The van der Waals surface area contributed by atoms with Gasteiger partial charge in [0.15, 0.2) is 5.15 Å². The molecular formula is C13H9ClN2O2S. The highest BCUT2D eigenvalue weighted by atomic mass is 35.5. The Morgan fingerprint density at radius 3 is 2.84 bits per heavy atom. The number of esters is 1. The van der Waals surface area contributed by atoms with Crippen LogP contribution in [-0.2, 0) is 4.74 Å². The summed E-state index contributed by atoms with van der Waals surface area (Å²) in [7, 11) is 1.35. The van der Waals surface area contributed by atoms with Gasteiger partial charge in [0.05, 0.1) is 27.9 Å². The summed E-state index contributed by atoms with van der Waals surface area (Å²) >= 11 is 7.69. The quantitative estimate of drug-likeness (QED) is 0.508. The van der Waals surface area contributed by atoms with E-state index in [1.807, 2.05) is 13.0 Å². The smallest absolute Gasteiger partial charge is 0.340 e. The average molecular weight is 293 g/mol. The molecule has 4 nitrogen and oxygen atoms in total. The summed E-state index contributed by atoms with van der Waals surface area (Å²) in [6.45, 7) is 1.91. The lowest BCUT2D eigenvalue weighted by molar-refractivity contribution is 0.0603. The highest BCUT2D eigenvalue weighted by Gasteiger charge is 2.17. The molecule has 96 valence electrons. The molecule has 6 heteroatoms. The van der Waals surface area contributed by atoms with Crippen molar-refractivity contribution in [2.24, 2.45) is 0 Å². The molecule has 0 saturated carbocycles. The number of pyridine rings is 1. The van der Waals surface area contributed by atoms with Crippen molar-refractivity contribution in [1.82, 2.24) is 9.97 Å². The first-order chi connectivity index (χ1) is 9.11. The van der Waals surface area contributed by atoms with Crippen LogP contribution in [0, 0.1) is 6.92 Å². The van der Waals surface area contributed by atoms with E-state index >= 15 is 0 Å². The Morgan fingerprint density at radius 2 is 2.11 bits per heavy atom. The molecule has 2 aromatic heterocycles. The van der Waals surface area contributed by atoms with E-state index in [0.29, 0.717) is 21.7 Å². The van der Waals surface area contributed by atoms with E-state index in [9.17, 15) is 4.79 Å². The van der Waals surface area contributed by atoms with Crippen LogP contribution in [0.15, 0.2) is 18.2 Å². The van der Waals surface area contributed by atoms with Gasteiger partial charge in [-0.1, -0.05) is 23.7 Å². The molecule has 0 aliphatic heterocycles. The van der Waals surface area contributed by atoms with Crippen molar-refractivity contribution in [2.75, 3.05) is 7.11 Å². The van der Waals surface area contributed by atoms with Crippen LogP contribution < -0.4 is 0 Å². The topological polar surface area (TPSA) is 52.1 Å². The minimum absolute atomic E-state index is 0.309. The van der Waals surface area contributed by atoms with Gasteiger partial charge >= 0.3 is 5.97 Å². The van der Waals surface area contributed by atoms with E-state index in [2.05, 4.69) is 9.97 Å². The summed E-state index contributed by atoms with van der Waals surface area (Å²) in [5.74, 6) is -0.422. The minimum Gasteiger partial charge on any atom is -0.465 e. The van der Waals surface area contributed by atoms with Crippen molar-refractivity contribution < 1.29 is 9.53 Å². The van der Waals surface area contributed by atoms with E-state index in [-0.39, 0.29) is 0 Å². The van der Waals surface area contributed by atoms with Crippen LogP contribution in [0.3, 0.4) is 0 Å². The Morgan fingerprint density at radius 1 is 1.32 bits per heavy atom. The van der Waals surface area contributed by atoms with Gasteiger partial charge in [0.2, 0.25) is 0 Å². The molecule has 0 spiro atoms. The van der Waals surface area contributed by atoms with Crippen molar-refractivity contribution in [3.8, 4) is 0 Å². The molecule has 3 rings (SSSR count). The van der Waals surface area contributed by atoms with Crippen molar-refractivity contribution in [3.63, 3.8) is 0 Å². The lowest BCUT2D eigenvalue weighted by Gasteiger charge is -2.05. The zero-order valence-electron chi connectivity index (χ0n) is 10.2. The van der Waals surface area contributed by atoms with Crippen molar-refractivity contribution >= 4 is 50.0 Å². The zero-order chi connectivity index (χ0) is 13.6. The number of hydrogen-bond acceptors (Lipinski definition) is 5.